The molecule has 1 aliphatic heterocycles. The highest BCUT2D eigenvalue weighted by atomic mass is 28.3. The van der Waals surface area contributed by atoms with Crippen molar-refractivity contribution in [2.24, 2.45) is 0 Å². The number of furan rings is 1. The second-order valence-electron chi connectivity index (χ2n) is 17.5. The monoisotopic (exact) mass is 772 g/mol. The Morgan fingerprint density at radius 2 is 0.966 bits per heavy atom. The highest BCUT2D eigenvalue weighted by molar-refractivity contribution is 7.02. The van der Waals surface area contributed by atoms with Crippen LogP contribution in [0, 0.1) is 0 Å². The van der Waals surface area contributed by atoms with Gasteiger partial charge in [0.05, 0.1) is 0 Å². The van der Waals surface area contributed by atoms with Crippen molar-refractivity contribution in [2.45, 2.75) is 44.2 Å². The van der Waals surface area contributed by atoms with Gasteiger partial charge in [0.2, 0.25) is 0 Å². The molecule has 9 aromatic carbocycles. The van der Waals surface area contributed by atoms with E-state index in [9.17, 15) is 0 Å². The molecule has 0 unspecified atom stereocenters. The lowest BCUT2D eigenvalue weighted by molar-refractivity contribution is 0.660. The van der Waals surface area contributed by atoms with E-state index in [1.165, 1.54) is 107 Å². The van der Waals surface area contributed by atoms with Crippen LogP contribution in [0.3, 0.4) is 0 Å². The van der Waals surface area contributed by atoms with Gasteiger partial charge in [-0.25, -0.2) is 0 Å². The summed E-state index contributed by atoms with van der Waals surface area (Å²) in [4.78, 5) is 0. The van der Waals surface area contributed by atoms with E-state index >= 15 is 0 Å². The Bertz CT molecular complexity index is 3230. The molecule has 0 atom stereocenters. The smallest absolute Gasteiger partial charge is 0.136 e. The third-order valence-corrected chi connectivity index (χ3v) is 19.4. The molecule has 2 heterocycles. The van der Waals surface area contributed by atoms with Crippen LogP contribution in [0.25, 0.3) is 88.0 Å². The minimum absolute atomic E-state index is 0.0819. The normalized spacial score (nSPS) is 15.3. The fraction of sp³-hybridized carbons (Fsp3) is 0.123. The molecule has 1 nitrogen and oxygen atoms in total. The van der Waals surface area contributed by atoms with Gasteiger partial charge in [-0.2, -0.15) is 0 Å². The Labute approximate surface area is 346 Å². The number of rotatable bonds is 5. The molecule has 1 aromatic heterocycles. The zero-order valence-electron chi connectivity index (χ0n) is 33.6. The van der Waals surface area contributed by atoms with Gasteiger partial charge < -0.3 is 4.42 Å². The predicted octanol–water partition coefficient (Wildman–Crippen LogP) is 14.6. The van der Waals surface area contributed by atoms with Gasteiger partial charge in [-0.15, -0.1) is 0 Å². The summed E-state index contributed by atoms with van der Waals surface area (Å²) in [5.74, 6) is 0. The van der Waals surface area contributed by atoms with Crippen LogP contribution < -0.4 is 10.4 Å². The third kappa shape index (κ3) is 5.09. The lowest BCUT2D eigenvalue weighted by Crippen LogP contribution is -2.55. The summed E-state index contributed by atoms with van der Waals surface area (Å²) < 4.78 is 6.77. The first-order valence-corrected chi connectivity index (χ1v) is 23.7. The summed E-state index contributed by atoms with van der Waals surface area (Å²) in [7, 11) is -1.78. The summed E-state index contributed by atoms with van der Waals surface area (Å²) in [5, 5.41) is 10.5. The zero-order valence-corrected chi connectivity index (χ0v) is 34.6. The second-order valence-corrected chi connectivity index (χ2v) is 21.8. The minimum Gasteiger partial charge on any atom is -0.456 e. The van der Waals surface area contributed by atoms with Gasteiger partial charge in [0.25, 0.3) is 0 Å². The van der Waals surface area contributed by atoms with Crippen molar-refractivity contribution in [1.29, 1.82) is 0 Å². The average Bonchev–Trinajstić information content (AvgIpc) is 4.00. The number of hydrogen-bond donors (Lipinski definition) is 0. The van der Waals surface area contributed by atoms with Gasteiger partial charge in [0.15, 0.2) is 0 Å². The van der Waals surface area contributed by atoms with Crippen molar-refractivity contribution in [1.82, 2.24) is 0 Å². The molecule has 282 valence electrons. The lowest BCUT2D eigenvalue weighted by Gasteiger charge is -2.28. The average molecular weight is 773 g/mol. The number of hydrogen-bond acceptors (Lipinski definition) is 1. The standard InChI is InChI=1S/C57H44OSi/c1-57(2)50-24-12-10-18-42(50)43-31-28-38(35-51(43)57)54-44-19-6-8-21-46(44)55(47-22-9-7-20-45(47)54)49-34-39(36-53-56(49)48-23-11-13-25-52(48)58-53)37-26-29-41(30-27-37)59(32-14-15-33-59)40-16-4-3-5-17-40/h3-13,16-31,34-36H,14-15,32-33H2,1-2H3. The molecule has 0 amide bonds. The van der Waals surface area contributed by atoms with Gasteiger partial charge in [0.1, 0.15) is 19.2 Å². The molecule has 0 spiro atoms. The van der Waals surface area contributed by atoms with Crippen molar-refractivity contribution < 1.29 is 4.42 Å². The Balaban J connectivity index is 1.09. The Morgan fingerprint density at radius 1 is 0.407 bits per heavy atom. The molecule has 1 fully saturated rings. The quantitative estimate of drug-likeness (QED) is 0.125. The fourth-order valence-electron chi connectivity index (χ4n) is 11.3. The molecule has 10 aromatic rings. The maximum atomic E-state index is 6.77. The zero-order chi connectivity index (χ0) is 39.3. The van der Waals surface area contributed by atoms with E-state index in [1.54, 1.807) is 10.4 Å². The van der Waals surface area contributed by atoms with Crippen molar-refractivity contribution in [2.75, 3.05) is 0 Å². The Morgan fingerprint density at radius 3 is 1.68 bits per heavy atom. The van der Waals surface area contributed by atoms with Crippen molar-refractivity contribution in [3.05, 3.63) is 193 Å². The van der Waals surface area contributed by atoms with Gasteiger partial charge in [0, 0.05) is 16.2 Å². The lowest BCUT2D eigenvalue weighted by atomic mass is 9.80. The van der Waals surface area contributed by atoms with E-state index in [1.807, 2.05) is 0 Å². The van der Waals surface area contributed by atoms with E-state index in [2.05, 4.69) is 196 Å². The van der Waals surface area contributed by atoms with E-state index in [4.69, 9.17) is 4.42 Å². The number of benzene rings is 9. The van der Waals surface area contributed by atoms with Gasteiger partial charge in [-0.3, -0.25) is 0 Å². The Hall–Kier alpha value is -6.48. The summed E-state index contributed by atoms with van der Waals surface area (Å²) in [5.41, 5.74) is 14.7. The summed E-state index contributed by atoms with van der Waals surface area (Å²) in [6, 6.07) is 71.2. The highest BCUT2D eigenvalue weighted by Crippen LogP contribution is 2.52. The van der Waals surface area contributed by atoms with Crippen molar-refractivity contribution in [3.8, 4) is 44.5 Å². The first kappa shape index (κ1) is 34.5. The number of para-hydroxylation sites is 1. The Kier molecular flexibility index (Phi) is 7.62. The summed E-state index contributed by atoms with van der Waals surface area (Å²) in [6.07, 6.45) is 2.66. The molecule has 2 heteroatoms. The van der Waals surface area contributed by atoms with Gasteiger partial charge in [-0.1, -0.05) is 195 Å². The van der Waals surface area contributed by atoms with Gasteiger partial charge >= 0.3 is 0 Å². The number of fused-ring (bicyclic) bond motifs is 8. The minimum atomic E-state index is -1.78. The first-order valence-electron chi connectivity index (χ1n) is 21.3. The van der Waals surface area contributed by atoms with Crippen LogP contribution >= 0.6 is 0 Å². The third-order valence-electron chi connectivity index (χ3n) is 14.1. The highest BCUT2D eigenvalue weighted by Gasteiger charge is 2.40. The van der Waals surface area contributed by atoms with E-state index in [0.29, 0.717) is 0 Å². The van der Waals surface area contributed by atoms with Gasteiger partial charge in [-0.05, 0) is 114 Å². The van der Waals surface area contributed by atoms with Crippen molar-refractivity contribution >= 4 is 61.9 Å². The van der Waals surface area contributed by atoms with Crippen LogP contribution in [-0.2, 0) is 5.41 Å². The molecule has 1 saturated heterocycles. The van der Waals surface area contributed by atoms with E-state index in [-0.39, 0.29) is 5.41 Å². The maximum absolute atomic E-state index is 6.77. The molecule has 0 radical (unpaired) electrons. The van der Waals surface area contributed by atoms with Crippen LogP contribution in [0.4, 0.5) is 0 Å². The fourth-order valence-corrected chi connectivity index (χ4v) is 16.3. The van der Waals surface area contributed by atoms with Crippen LogP contribution in [-0.4, -0.2) is 8.07 Å². The van der Waals surface area contributed by atoms with Crippen LogP contribution in [0.2, 0.25) is 12.1 Å². The molecule has 2 aliphatic rings. The molecule has 0 bridgehead atoms. The molecule has 12 rings (SSSR count). The first-order chi connectivity index (χ1) is 29.0. The summed E-state index contributed by atoms with van der Waals surface area (Å²) in [6.45, 7) is 4.75. The SMILES string of the molecule is CC1(C)c2ccccc2-c2ccc(-c3c4ccccc4c(-c4cc(-c5ccc([Si]6(c7ccccc7)CCCC6)cc5)cc5oc6ccccc6c45)c4ccccc34)cc21. The molecule has 59 heavy (non-hydrogen) atoms. The molecule has 1 aliphatic carbocycles. The maximum Gasteiger partial charge on any atom is 0.136 e. The predicted molar refractivity (Wildman–Crippen MR) is 253 cm³/mol. The van der Waals surface area contributed by atoms with Crippen LogP contribution in [0.15, 0.2) is 186 Å². The molecule has 0 N–H and O–H groups in total. The molecular formula is C57H44OSi. The van der Waals surface area contributed by atoms with E-state index < -0.39 is 8.07 Å². The summed E-state index contributed by atoms with van der Waals surface area (Å²) >= 11 is 0. The topological polar surface area (TPSA) is 13.1 Å². The molecule has 0 saturated carbocycles. The van der Waals surface area contributed by atoms with Crippen molar-refractivity contribution in [3.63, 3.8) is 0 Å². The van der Waals surface area contributed by atoms with Crippen LogP contribution in [0.5, 0.6) is 0 Å². The largest absolute Gasteiger partial charge is 0.456 e. The second kappa shape index (κ2) is 13.0. The van der Waals surface area contributed by atoms with Crippen LogP contribution in [0.1, 0.15) is 37.8 Å². The van der Waals surface area contributed by atoms with E-state index in [0.717, 1.165) is 16.6 Å². The molecular weight excluding hydrogens is 729 g/mol.